The maximum atomic E-state index is 10.7. The molecule has 2 N–H and O–H groups in total. The van der Waals surface area contributed by atoms with Gasteiger partial charge in [0.2, 0.25) is 0 Å². The molecule has 0 spiro atoms. The van der Waals surface area contributed by atoms with Crippen molar-refractivity contribution in [3.63, 3.8) is 0 Å². The van der Waals surface area contributed by atoms with Crippen molar-refractivity contribution >= 4 is 32.3 Å². The number of aliphatic hydroxyl groups excluding tert-OH is 1. The number of piperidine rings is 1. The molecule has 0 saturated carbocycles. The standard InChI is InChI=1S/C27H32N2O4S/c1-17-13-18(26-14-21-25(34-26)8-7-24(31-2)27(21)32-3)10-12-29(17)15-19(30)16-33-23-6-4-5-22-20(23)9-11-28-22/h4-9,11,14,17-19,28,30H,10,12-13,15-16H2,1-3H3/t17-,18-,19-/m0/s1. The van der Waals surface area contributed by atoms with Gasteiger partial charge in [-0.05, 0) is 68.6 Å². The Balaban J connectivity index is 1.20. The highest BCUT2D eigenvalue weighted by Gasteiger charge is 2.29. The van der Waals surface area contributed by atoms with Crippen LogP contribution in [0.3, 0.4) is 0 Å². The van der Waals surface area contributed by atoms with Crippen LogP contribution in [0.1, 0.15) is 30.6 Å². The molecule has 34 heavy (non-hydrogen) atoms. The molecule has 1 aliphatic rings. The maximum Gasteiger partial charge on any atom is 0.169 e. The molecule has 7 heteroatoms. The third-order valence-corrected chi connectivity index (χ3v) is 8.17. The van der Waals surface area contributed by atoms with Gasteiger partial charge in [-0.1, -0.05) is 6.07 Å². The normalized spacial score (nSPS) is 20.0. The fourth-order valence-electron chi connectivity index (χ4n) is 5.10. The number of aliphatic hydroxyl groups is 1. The van der Waals surface area contributed by atoms with Crippen molar-refractivity contribution in [3.8, 4) is 17.2 Å². The average Bonchev–Trinajstić information content (AvgIpc) is 3.50. The quantitative estimate of drug-likeness (QED) is 0.353. The van der Waals surface area contributed by atoms with E-state index in [9.17, 15) is 5.11 Å². The number of hydrogen-bond donors (Lipinski definition) is 2. The van der Waals surface area contributed by atoms with E-state index >= 15 is 0 Å². The van der Waals surface area contributed by atoms with Gasteiger partial charge in [0.1, 0.15) is 18.5 Å². The van der Waals surface area contributed by atoms with Gasteiger partial charge in [0.05, 0.1) is 14.2 Å². The summed E-state index contributed by atoms with van der Waals surface area (Å²) in [6.07, 6.45) is 3.52. The predicted molar refractivity (Wildman–Crippen MR) is 138 cm³/mol. The van der Waals surface area contributed by atoms with Crippen molar-refractivity contribution in [3.05, 3.63) is 53.5 Å². The highest BCUT2D eigenvalue weighted by molar-refractivity contribution is 7.19. The number of rotatable bonds is 8. The van der Waals surface area contributed by atoms with Gasteiger partial charge in [-0.15, -0.1) is 11.3 Å². The molecule has 3 heterocycles. The molecule has 4 aromatic rings. The first-order valence-electron chi connectivity index (χ1n) is 11.8. The van der Waals surface area contributed by atoms with Crippen molar-refractivity contribution in [1.82, 2.24) is 9.88 Å². The molecule has 0 radical (unpaired) electrons. The number of β-amino-alcohol motifs (C(OH)–C–C–N with tert-alkyl or cyclic N) is 1. The molecule has 1 saturated heterocycles. The van der Waals surface area contributed by atoms with Gasteiger partial charge in [0.15, 0.2) is 11.5 Å². The number of likely N-dealkylation sites (tertiary alicyclic amines) is 1. The van der Waals surface area contributed by atoms with Crippen LogP contribution in [0.2, 0.25) is 0 Å². The molecule has 2 aromatic heterocycles. The summed E-state index contributed by atoms with van der Waals surface area (Å²) in [5.74, 6) is 2.90. The number of aromatic nitrogens is 1. The minimum Gasteiger partial charge on any atom is -0.493 e. The average molecular weight is 481 g/mol. The number of thiophene rings is 1. The number of nitrogens with one attached hydrogen (secondary N) is 1. The summed E-state index contributed by atoms with van der Waals surface area (Å²) in [6.45, 7) is 4.13. The Labute approximate surface area is 204 Å². The number of ether oxygens (including phenoxy) is 3. The minimum absolute atomic E-state index is 0.287. The van der Waals surface area contributed by atoms with Gasteiger partial charge in [-0.3, -0.25) is 4.90 Å². The lowest BCUT2D eigenvalue weighted by atomic mass is 9.90. The molecule has 1 fully saturated rings. The number of aromatic amines is 1. The van der Waals surface area contributed by atoms with Crippen LogP contribution < -0.4 is 14.2 Å². The smallest absolute Gasteiger partial charge is 0.169 e. The van der Waals surface area contributed by atoms with E-state index in [4.69, 9.17) is 14.2 Å². The molecular weight excluding hydrogens is 448 g/mol. The first kappa shape index (κ1) is 23.0. The molecule has 180 valence electrons. The van der Waals surface area contributed by atoms with E-state index in [1.165, 1.54) is 9.58 Å². The van der Waals surface area contributed by atoms with Gasteiger partial charge in [0, 0.05) is 44.6 Å². The number of benzene rings is 2. The molecule has 1 aliphatic heterocycles. The number of nitrogens with zero attached hydrogens (tertiary/aromatic N) is 1. The molecular formula is C27H32N2O4S. The van der Waals surface area contributed by atoms with Crippen LogP contribution in [0.15, 0.2) is 48.7 Å². The van der Waals surface area contributed by atoms with Gasteiger partial charge in [-0.25, -0.2) is 0 Å². The van der Waals surface area contributed by atoms with Gasteiger partial charge in [-0.2, -0.15) is 0 Å². The van der Waals surface area contributed by atoms with E-state index in [0.717, 1.165) is 52.9 Å². The SMILES string of the molecule is COc1ccc2sc([C@H]3CCN(C[C@H](O)COc4cccc5[nH]ccc45)[C@@H](C)C3)cc2c1OC. The highest BCUT2D eigenvalue weighted by atomic mass is 32.1. The molecule has 0 unspecified atom stereocenters. The number of fused-ring (bicyclic) bond motifs is 2. The highest BCUT2D eigenvalue weighted by Crippen LogP contribution is 2.44. The Morgan fingerprint density at radius 2 is 2.00 bits per heavy atom. The summed E-state index contributed by atoms with van der Waals surface area (Å²) < 4.78 is 18.3. The molecule has 3 atom stereocenters. The fraction of sp³-hybridized carbons (Fsp3) is 0.407. The van der Waals surface area contributed by atoms with E-state index in [1.54, 1.807) is 14.2 Å². The van der Waals surface area contributed by atoms with Gasteiger partial charge in [0.25, 0.3) is 0 Å². The molecule has 0 amide bonds. The molecule has 5 rings (SSSR count). The van der Waals surface area contributed by atoms with E-state index in [1.807, 2.05) is 47.9 Å². The van der Waals surface area contributed by atoms with Gasteiger partial charge >= 0.3 is 0 Å². The van der Waals surface area contributed by atoms with Crippen molar-refractivity contribution in [2.24, 2.45) is 0 Å². The largest absolute Gasteiger partial charge is 0.493 e. The number of hydrogen-bond acceptors (Lipinski definition) is 6. The van der Waals surface area contributed by atoms with Crippen molar-refractivity contribution < 1.29 is 19.3 Å². The summed E-state index contributed by atoms with van der Waals surface area (Å²) in [7, 11) is 3.37. The summed E-state index contributed by atoms with van der Waals surface area (Å²) in [5, 5.41) is 12.9. The van der Waals surface area contributed by atoms with Crippen LogP contribution in [0.5, 0.6) is 17.2 Å². The second-order valence-electron chi connectivity index (χ2n) is 9.09. The van der Waals surface area contributed by atoms with Crippen LogP contribution >= 0.6 is 11.3 Å². The lowest BCUT2D eigenvalue weighted by molar-refractivity contribution is 0.0408. The first-order valence-corrected chi connectivity index (χ1v) is 12.6. The Morgan fingerprint density at radius 1 is 1.12 bits per heavy atom. The monoisotopic (exact) mass is 480 g/mol. The van der Waals surface area contributed by atoms with E-state index in [0.29, 0.717) is 18.5 Å². The van der Waals surface area contributed by atoms with E-state index in [-0.39, 0.29) is 6.61 Å². The van der Waals surface area contributed by atoms with Crippen molar-refractivity contribution in [1.29, 1.82) is 0 Å². The minimum atomic E-state index is -0.533. The zero-order chi connectivity index (χ0) is 23.7. The van der Waals surface area contributed by atoms with Crippen LogP contribution in [-0.2, 0) is 0 Å². The third kappa shape index (κ3) is 4.48. The summed E-state index contributed by atoms with van der Waals surface area (Å²) in [4.78, 5) is 6.98. The Morgan fingerprint density at radius 3 is 2.79 bits per heavy atom. The van der Waals surface area contributed by atoms with Crippen LogP contribution in [-0.4, -0.2) is 61.1 Å². The Hall–Kier alpha value is -2.74. The first-order chi connectivity index (χ1) is 16.6. The molecule has 0 aliphatic carbocycles. The summed E-state index contributed by atoms with van der Waals surface area (Å²) in [5.41, 5.74) is 1.04. The topological polar surface area (TPSA) is 67.0 Å². The van der Waals surface area contributed by atoms with Gasteiger partial charge < -0.3 is 24.3 Å². The lowest BCUT2D eigenvalue weighted by Gasteiger charge is -2.38. The molecule has 6 nitrogen and oxygen atoms in total. The van der Waals surface area contributed by atoms with E-state index < -0.39 is 6.10 Å². The van der Waals surface area contributed by atoms with Crippen LogP contribution in [0, 0.1) is 0 Å². The fourth-order valence-corrected chi connectivity index (χ4v) is 6.31. The van der Waals surface area contributed by atoms with Crippen molar-refractivity contribution in [2.45, 2.75) is 37.8 Å². The molecule has 0 bridgehead atoms. The Kier molecular flexibility index (Phi) is 6.68. The second kappa shape index (κ2) is 9.86. The zero-order valence-corrected chi connectivity index (χ0v) is 20.7. The maximum absolute atomic E-state index is 10.7. The molecule has 2 aromatic carbocycles. The zero-order valence-electron chi connectivity index (χ0n) is 19.9. The third-order valence-electron chi connectivity index (χ3n) is 6.91. The number of methoxy groups -OCH3 is 2. The second-order valence-corrected chi connectivity index (χ2v) is 10.2. The van der Waals surface area contributed by atoms with Crippen molar-refractivity contribution in [2.75, 3.05) is 33.9 Å². The van der Waals surface area contributed by atoms with Crippen LogP contribution in [0.25, 0.3) is 21.0 Å². The van der Waals surface area contributed by atoms with E-state index in [2.05, 4.69) is 28.9 Å². The summed E-state index contributed by atoms with van der Waals surface area (Å²) >= 11 is 1.85. The predicted octanol–water partition coefficient (Wildman–Crippen LogP) is 5.41. The Bertz CT molecular complexity index is 1270. The lowest BCUT2D eigenvalue weighted by Crippen LogP contribution is -2.45. The van der Waals surface area contributed by atoms with Crippen LogP contribution in [0.4, 0.5) is 0 Å². The number of H-pyrrole nitrogens is 1. The summed E-state index contributed by atoms with van der Waals surface area (Å²) in [6, 6.07) is 14.7.